The maximum atomic E-state index is 5.78. The molecule has 0 amide bonds. The quantitative estimate of drug-likeness (QED) is 0.191. The van der Waals surface area contributed by atoms with Gasteiger partial charge in [0.25, 0.3) is 0 Å². The molecule has 1 fully saturated rings. The predicted octanol–water partition coefficient (Wildman–Crippen LogP) is 3.63. The van der Waals surface area contributed by atoms with E-state index in [0.29, 0.717) is 5.92 Å². The zero-order valence-corrected chi connectivity index (χ0v) is 20.4. The van der Waals surface area contributed by atoms with Crippen molar-refractivity contribution in [1.82, 2.24) is 10.6 Å². The number of aliphatic imine (C=N–C) groups is 1. The normalized spacial score (nSPS) is 16.6. The molecule has 29 heavy (non-hydrogen) atoms. The lowest BCUT2D eigenvalue weighted by molar-refractivity contribution is 0.0424. The second-order valence-electron chi connectivity index (χ2n) is 7.50. The van der Waals surface area contributed by atoms with Gasteiger partial charge >= 0.3 is 0 Å². The fourth-order valence-electron chi connectivity index (χ4n) is 2.83. The molecule has 0 aromatic heterocycles. The van der Waals surface area contributed by atoms with E-state index in [4.69, 9.17) is 14.2 Å². The first-order valence-corrected chi connectivity index (χ1v) is 10.6. The first-order chi connectivity index (χ1) is 13.7. The molecule has 0 saturated carbocycles. The minimum absolute atomic E-state index is 0. The van der Waals surface area contributed by atoms with Crippen LogP contribution in [0.1, 0.15) is 39.2 Å². The maximum absolute atomic E-state index is 5.78. The summed E-state index contributed by atoms with van der Waals surface area (Å²) in [6, 6.07) is 8.36. The van der Waals surface area contributed by atoms with Crippen LogP contribution in [0.4, 0.5) is 0 Å². The number of hydrogen-bond acceptors (Lipinski definition) is 4. The molecule has 1 saturated heterocycles. The van der Waals surface area contributed by atoms with Crippen LogP contribution in [0, 0.1) is 5.92 Å². The summed E-state index contributed by atoms with van der Waals surface area (Å²) in [7, 11) is 0. The highest BCUT2D eigenvalue weighted by molar-refractivity contribution is 14.0. The summed E-state index contributed by atoms with van der Waals surface area (Å²) in [5, 5.41) is 6.70. The summed E-state index contributed by atoms with van der Waals surface area (Å²) in [6.07, 6.45) is 3.15. The predicted molar refractivity (Wildman–Crippen MR) is 130 cm³/mol. The van der Waals surface area contributed by atoms with Crippen molar-refractivity contribution in [3.63, 3.8) is 0 Å². The van der Waals surface area contributed by atoms with Gasteiger partial charge in [0, 0.05) is 32.8 Å². The summed E-state index contributed by atoms with van der Waals surface area (Å²) in [4.78, 5) is 4.63. The van der Waals surface area contributed by atoms with Crippen LogP contribution in [0.25, 0.3) is 0 Å². The largest absolute Gasteiger partial charge is 0.493 e. The lowest BCUT2D eigenvalue weighted by atomic mass is 10.1. The van der Waals surface area contributed by atoms with E-state index in [0.717, 1.165) is 77.0 Å². The van der Waals surface area contributed by atoms with E-state index in [1.807, 2.05) is 12.1 Å². The molecule has 0 bridgehead atoms. The van der Waals surface area contributed by atoms with E-state index in [1.165, 1.54) is 5.56 Å². The Morgan fingerprint density at radius 2 is 2.03 bits per heavy atom. The Labute approximate surface area is 193 Å². The molecule has 1 heterocycles. The molecule has 7 heteroatoms. The molecule has 1 aliphatic heterocycles. The summed E-state index contributed by atoms with van der Waals surface area (Å²) in [6.45, 7) is 11.9. The number of benzene rings is 1. The van der Waals surface area contributed by atoms with Gasteiger partial charge in [-0.2, -0.15) is 0 Å². The van der Waals surface area contributed by atoms with Gasteiger partial charge in [0.05, 0.1) is 19.3 Å². The summed E-state index contributed by atoms with van der Waals surface area (Å²) >= 11 is 0. The summed E-state index contributed by atoms with van der Waals surface area (Å²) in [5.41, 5.74) is 1.28. The molecule has 0 aliphatic carbocycles. The van der Waals surface area contributed by atoms with Crippen LogP contribution in [-0.4, -0.2) is 58.1 Å². The molecule has 1 atom stereocenters. The maximum Gasteiger partial charge on any atom is 0.191 e. The number of guanidine groups is 1. The van der Waals surface area contributed by atoms with E-state index in [9.17, 15) is 0 Å². The van der Waals surface area contributed by atoms with Gasteiger partial charge < -0.3 is 24.8 Å². The van der Waals surface area contributed by atoms with Crippen molar-refractivity contribution in [2.75, 3.05) is 46.1 Å². The SMILES string of the molecule is CCNC(=NCCCOC1CCOC1)NCCc1ccc(OCC(C)C)cc1.I. The Balaban J connectivity index is 0.00000420. The highest BCUT2D eigenvalue weighted by Crippen LogP contribution is 2.13. The molecule has 1 unspecified atom stereocenters. The van der Waals surface area contributed by atoms with Crippen LogP contribution >= 0.6 is 24.0 Å². The highest BCUT2D eigenvalue weighted by Gasteiger charge is 2.15. The summed E-state index contributed by atoms with van der Waals surface area (Å²) < 4.78 is 16.8. The van der Waals surface area contributed by atoms with E-state index in [2.05, 4.69) is 48.5 Å². The minimum Gasteiger partial charge on any atom is -0.493 e. The second kappa shape index (κ2) is 15.7. The van der Waals surface area contributed by atoms with Crippen LogP contribution in [0.15, 0.2) is 29.3 Å². The van der Waals surface area contributed by atoms with Gasteiger partial charge in [0.15, 0.2) is 5.96 Å². The summed E-state index contributed by atoms with van der Waals surface area (Å²) in [5.74, 6) is 2.34. The van der Waals surface area contributed by atoms with Crippen molar-refractivity contribution >= 4 is 29.9 Å². The second-order valence-corrected chi connectivity index (χ2v) is 7.50. The zero-order chi connectivity index (χ0) is 20.0. The lowest BCUT2D eigenvalue weighted by Crippen LogP contribution is -2.38. The van der Waals surface area contributed by atoms with Gasteiger partial charge in [-0.3, -0.25) is 4.99 Å². The van der Waals surface area contributed by atoms with Crippen LogP contribution in [0.3, 0.4) is 0 Å². The number of rotatable bonds is 12. The van der Waals surface area contributed by atoms with Gasteiger partial charge in [-0.05, 0) is 49.8 Å². The monoisotopic (exact) mass is 519 g/mol. The third-order valence-electron chi connectivity index (χ3n) is 4.37. The first kappa shape index (κ1) is 26.0. The van der Waals surface area contributed by atoms with Gasteiger partial charge in [-0.15, -0.1) is 24.0 Å². The van der Waals surface area contributed by atoms with E-state index >= 15 is 0 Å². The number of hydrogen-bond donors (Lipinski definition) is 2. The van der Waals surface area contributed by atoms with Crippen LogP contribution in [0.2, 0.25) is 0 Å². The molecule has 0 radical (unpaired) electrons. The molecule has 1 aliphatic rings. The van der Waals surface area contributed by atoms with Crippen LogP contribution < -0.4 is 15.4 Å². The Morgan fingerprint density at radius 1 is 1.24 bits per heavy atom. The lowest BCUT2D eigenvalue weighted by Gasteiger charge is -2.12. The third kappa shape index (κ3) is 11.6. The van der Waals surface area contributed by atoms with E-state index in [-0.39, 0.29) is 30.1 Å². The van der Waals surface area contributed by atoms with E-state index < -0.39 is 0 Å². The van der Waals surface area contributed by atoms with Gasteiger partial charge in [0.2, 0.25) is 0 Å². The van der Waals surface area contributed by atoms with Crippen LogP contribution in [-0.2, 0) is 15.9 Å². The molecule has 2 rings (SSSR count). The molecular formula is C22H38IN3O3. The average molecular weight is 519 g/mol. The molecule has 1 aromatic rings. The van der Waals surface area contributed by atoms with Crippen molar-refractivity contribution in [3.8, 4) is 5.75 Å². The molecule has 2 N–H and O–H groups in total. The topological polar surface area (TPSA) is 64.1 Å². The van der Waals surface area contributed by atoms with Crippen molar-refractivity contribution in [3.05, 3.63) is 29.8 Å². The standard InChI is InChI=1S/C22H37N3O3.HI/c1-4-23-22(24-12-5-14-27-21-11-15-26-17-21)25-13-10-19-6-8-20(9-7-19)28-16-18(2)3;/h6-9,18,21H,4-5,10-17H2,1-3H3,(H2,23,24,25);1H. The third-order valence-corrected chi connectivity index (χ3v) is 4.37. The fourth-order valence-corrected chi connectivity index (χ4v) is 2.83. The van der Waals surface area contributed by atoms with Gasteiger partial charge in [-0.1, -0.05) is 26.0 Å². The molecule has 0 spiro atoms. The van der Waals surface area contributed by atoms with Gasteiger partial charge in [-0.25, -0.2) is 0 Å². The van der Waals surface area contributed by atoms with Crippen LogP contribution in [0.5, 0.6) is 5.75 Å². The fraction of sp³-hybridized carbons (Fsp3) is 0.682. The molecule has 6 nitrogen and oxygen atoms in total. The molecular weight excluding hydrogens is 481 g/mol. The smallest absolute Gasteiger partial charge is 0.191 e. The Bertz CT molecular complexity index is 561. The van der Waals surface area contributed by atoms with E-state index in [1.54, 1.807) is 0 Å². The van der Waals surface area contributed by atoms with Crippen molar-refractivity contribution < 1.29 is 14.2 Å². The molecule has 166 valence electrons. The Kier molecular flexibility index (Phi) is 14.1. The number of halogens is 1. The number of ether oxygens (including phenoxy) is 3. The Morgan fingerprint density at radius 3 is 2.69 bits per heavy atom. The highest BCUT2D eigenvalue weighted by atomic mass is 127. The first-order valence-electron chi connectivity index (χ1n) is 10.6. The number of nitrogens with one attached hydrogen (secondary N) is 2. The minimum atomic E-state index is 0. The zero-order valence-electron chi connectivity index (χ0n) is 18.1. The number of nitrogens with zero attached hydrogens (tertiary/aromatic N) is 1. The van der Waals surface area contributed by atoms with Crippen molar-refractivity contribution in [2.45, 2.75) is 46.1 Å². The molecule has 1 aromatic carbocycles. The Hall–Kier alpha value is -1.06. The van der Waals surface area contributed by atoms with Crippen molar-refractivity contribution in [1.29, 1.82) is 0 Å². The average Bonchev–Trinajstić information content (AvgIpc) is 3.20. The van der Waals surface area contributed by atoms with Crippen molar-refractivity contribution in [2.24, 2.45) is 10.9 Å². The van der Waals surface area contributed by atoms with Gasteiger partial charge in [0.1, 0.15) is 5.75 Å².